The number of rotatable bonds is 1. The summed E-state index contributed by atoms with van der Waals surface area (Å²) in [6.45, 7) is 1.83. The lowest BCUT2D eigenvalue weighted by Crippen LogP contribution is -2.14. The first-order valence-electron chi connectivity index (χ1n) is 4.70. The van der Waals surface area contributed by atoms with Crippen LogP contribution in [0.4, 0.5) is 0 Å². The molecule has 14 heavy (non-hydrogen) atoms. The van der Waals surface area contributed by atoms with Gasteiger partial charge in [0, 0.05) is 5.92 Å². The van der Waals surface area contributed by atoms with E-state index in [0.29, 0.717) is 17.3 Å². The summed E-state index contributed by atoms with van der Waals surface area (Å²) in [5, 5.41) is 10.7. The SMILES string of the molecule is Cc1n[nH]c(=O)c2cc(C3CC3)nn12. The van der Waals surface area contributed by atoms with Crippen LogP contribution in [0, 0.1) is 6.92 Å². The summed E-state index contributed by atoms with van der Waals surface area (Å²) in [6, 6.07) is 1.87. The Balaban J connectivity index is 2.35. The highest BCUT2D eigenvalue weighted by Gasteiger charge is 2.26. The molecule has 0 spiro atoms. The highest BCUT2D eigenvalue weighted by Crippen LogP contribution is 2.39. The molecule has 2 heterocycles. The number of nitrogens with one attached hydrogen (secondary N) is 1. The van der Waals surface area contributed by atoms with Gasteiger partial charge in [0.2, 0.25) is 0 Å². The molecule has 3 rings (SSSR count). The maximum Gasteiger partial charge on any atom is 0.290 e. The molecule has 1 aliphatic rings. The van der Waals surface area contributed by atoms with Gasteiger partial charge < -0.3 is 0 Å². The molecule has 0 amide bonds. The normalized spacial score (nSPS) is 16.4. The van der Waals surface area contributed by atoms with Crippen LogP contribution in [-0.2, 0) is 0 Å². The Morgan fingerprint density at radius 2 is 2.36 bits per heavy atom. The van der Waals surface area contributed by atoms with Gasteiger partial charge in [-0.15, -0.1) is 0 Å². The molecule has 2 aromatic heterocycles. The maximum atomic E-state index is 11.4. The fourth-order valence-electron chi connectivity index (χ4n) is 1.62. The summed E-state index contributed by atoms with van der Waals surface area (Å²) in [7, 11) is 0. The van der Waals surface area contributed by atoms with Gasteiger partial charge in [0.15, 0.2) is 0 Å². The quantitative estimate of drug-likeness (QED) is 0.716. The van der Waals surface area contributed by atoms with Crippen LogP contribution < -0.4 is 5.56 Å². The standard InChI is InChI=1S/C9H10N4O/c1-5-10-11-9(14)8-4-7(6-2-3-6)12-13(5)8/h4,6H,2-3H2,1H3,(H,11,14). The summed E-state index contributed by atoms with van der Waals surface area (Å²) < 4.78 is 1.62. The van der Waals surface area contributed by atoms with Crippen LogP contribution in [0.25, 0.3) is 5.52 Å². The topological polar surface area (TPSA) is 63.0 Å². The molecule has 1 fully saturated rings. The lowest BCUT2D eigenvalue weighted by Gasteiger charge is -1.94. The van der Waals surface area contributed by atoms with E-state index in [9.17, 15) is 4.79 Å². The molecule has 0 unspecified atom stereocenters. The molecule has 1 saturated carbocycles. The van der Waals surface area contributed by atoms with Gasteiger partial charge >= 0.3 is 0 Å². The molecule has 0 aliphatic heterocycles. The molecule has 0 bridgehead atoms. The zero-order chi connectivity index (χ0) is 9.71. The van der Waals surface area contributed by atoms with Crippen molar-refractivity contribution in [1.82, 2.24) is 19.8 Å². The summed E-state index contributed by atoms with van der Waals surface area (Å²) in [5.74, 6) is 1.28. The first kappa shape index (κ1) is 7.73. The highest BCUT2D eigenvalue weighted by atomic mass is 16.1. The molecule has 5 heteroatoms. The van der Waals surface area contributed by atoms with E-state index in [1.54, 1.807) is 4.52 Å². The monoisotopic (exact) mass is 190 g/mol. The van der Waals surface area contributed by atoms with Crippen LogP contribution in [-0.4, -0.2) is 19.8 Å². The third kappa shape index (κ3) is 0.982. The molecule has 0 atom stereocenters. The Hall–Kier alpha value is -1.65. The van der Waals surface area contributed by atoms with Crippen molar-refractivity contribution in [2.24, 2.45) is 0 Å². The molecule has 0 aromatic carbocycles. The second-order valence-corrected chi connectivity index (χ2v) is 3.74. The minimum Gasteiger partial charge on any atom is -0.266 e. The van der Waals surface area contributed by atoms with E-state index in [0.717, 1.165) is 5.69 Å². The summed E-state index contributed by atoms with van der Waals surface area (Å²) in [6.07, 6.45) is 2.38. The average molecular weight is 190 g/mol. The van der Waals surface area contributed by atoms with E-state index < -0.39 is 0 Å². The summed E-state index contributed by atoms with van der Waals surface area (Å²) in [5.41, 5.74) is 1.45. The zero-order valence-corrected chi connectivity index (χ0v) is 7.82. The van der Waals surface area contributed by atoms with Crippen LogP contribution in [0.5, 0.6) is 0 Å². The van der Waals surface area contributed by atoms with Gasteiger partial charge in [-0.3, -0.25) is 4.79 Å². The van der Waals surface area contributed by atoms with Gasteiger partial charge in [0.1, 0.15) is 11.3 Å². The van der Waals surface area contributed by atoms with E-state index in [-0.39, 0.29) is 5.56 Å². The smallest absolute Gasteiger partial charge is 0.266 e. The molecule has 1 aliphatic carbocycles. The minimum absolute atomic E-state index is 0.171. The number of hydrogen-bond acceptors (Lipinski definition) is 3. The molecular formula is C9H10N4O. The number of H-pyrrole nitrogens is 1. The molecule has 72 valence electrons. The zero-order valence-electron chi connectivity index (χ0n) is 7.82. The first-order chi connectivity index (χ1) is 6.75. The minimum atomic E-state index is -0.171. The van der Waals surface area contributed by atoms with E-state index in [1.165, 1.54) is 12.8 Å². The van der Waals surface area contributed by atoms with Crippen molar-refractivity contribution in [3.05, 3.63) is 27.9 Å². The number of aryl methyl sites for hydroxylation is 1. The van der Waals surface area contributed by atoms with Gasteiger partial charge in [0.05, 0.1) is 5.69 Å². The van der Waals surface area contributed by atoms with Gasteiger partial charge in [-0.25, -0.2) is 9.61 Å². The lowest BCUT2D eigenvalue weighted by molar-refractivity contribution is 0.777. The highest BCUT2D eigenvalue weighted by molar-refractivity contribution is 5.46. The fourth-order valence-corrected chi connectivity index (χ4v) is 1.62. The van der Waals surface area contributed by atoms with E-state index >= 15 is 0 Å². The molecule has 5 nitrogen and oxygen atoms in total. The number of aromatic nitrogens is 4. The molecule has 2 aromatic rings. The Morgan fingerprint density at radius 3 is 3.00 bits per heavy atom. The van der Waals surface area contributed by atoms with E-state index in [2.05, 4.69) is 15.3 Å². The van der Waals surface area contributed by atoms with Gasteiger partial charge in [0.25, 0.3) is 5.56 Å². The van der Waals surface area contributed by atoms with Crippen LogP contribution in [0.15, 0.2) is 10.9 Å². The number of hydrogen-bond donors (Lipinski definition) is 1. The maximum absolute atomic E-state index is 11.4. The average Bonchev–Trinajstić information content (AvgIpc) is 2.92. The second kappa shape index (κ2) is 2.43. The van der Waals surface area contributed by atoms with E-state index in [1.807, 2.05) is 13.0 Å². The third-order valence-electron chi connectivity index (χ3n) is 2.58. The predicted molar refractivity (Wildman–Crippen MR) is 50.3 cm³/mol. The first-order valence-corrected chi connectivity index (χ1v) is 4.70. The van der Waals surface area contributed by atoms with Gasteiger partial charge in [-0.2, -0.15) is 10.2 Å². The van der Waals surface area contributed by atoms with Crippen LogP contribution >= 0.6 is 0 Å². The van der Waals surface area contributed by atoms with Crippen molar-refractivity contribution in [2.45, 2.75) is 25.7 Å². The Bertz CT molecular complexity index is 549. The Kier molecular flexibility index (Phi) is 1.34. The summed E-state index contributed by atoms with van der Waals surface area (Å²) in [4.78, 5) is 11.4. The van der Waals surface area contributed by atoms with Crippen molar-refractivity contribution in [3.8, 4) is 0 Å². The third-order valence-corrected chi connectivity index (χ3v) is 2.58. The van der Waals surface area contributed by atoms with Gasteiger partial charge in [-0.1, -0.05) is 0 Å². The number of fused-ring (bicyclic) bond motifs is 1. The number of aromatic amines is 1. The van der Waals surface area contributed by atoms with Crippen molar-refractivity contribution in [2.75, 3.05) is 0 Å². The predicted octanol–water partition coefficient (Wildman–Crippen LogP) is 0.603. The van der Waals surface area contributed by atoms with Crippen molar-refractivity contribution in [3.63, 3.8) is 0 Å². The van der Waals surface area contributed by atoms with Crippen LogP contribution in [0.3, 0.4) is 0 Å². The lowest BCUT2D eigenvalue weighted by atomic mass is 10.3. The second-order valence-electron chi connectivity index (χ2n) is 3.74. The molecular weight excluding hydrogens is 180 g/mol. The van der Waals surface area contributed by atoms with Crippen LogP contribution in [0.2, 0.25) is 0 Å². The Morgan fingerprint density at radius 1 is 1.57 bits per heavy atom. The van der Waals surface area contributed by atoms with Crippen molar-refractivity contribution in [1.29, 1.82) is 0 Å². The molecule has 1 N–H and O–H groups in total. The number of nitrogens with zero attached hydrogens (tertiary/aromatic N) is 3. The molecule has 0 saturated heterocycles. The van der Waals surface area contributed by atoms with Crippen molar-refractivity contribution < 1.29 is 0 Å². The van der Waals surface area contributed by atoms with Crippen molar-refractivity contribution >= 4 is 5.52 Å². The largest absolute Gasteiger partial charge is 0.290 e. The van der Waals surface area contributed by atoms with Gasteiger partial charge in [-0.05, 0) is 25.8 Å². The Labute approximate surface area is 79.8 Å². The van der Waals surface area contributed by atoms with Crippen LogP contribution in [0.1, 0.15) is 30.3 Å². The fraction of sp³-hybridized carbons (Fsp3) is 0.444. The molecule has 0 radical (unpaired) electrons. The summed E-state index contributed by atoms with van der Waals surface area (Å²) >= 11 is 0. The van der Waals surface area contributed by atoms with E-state index in [4.69, 9.17) is 0 Å².